The van der Waals surface area contributed by atoms with Gasteiger partial charge in [-0.15, -0.1) is 0 Å². The number of hydrogen-bond acceptors (Lipinski definition) is 3. The molecule has 2 aliphatic rings. The van der Waals surface area contributed by atoms with Crippen molar-refractivity contribution in [2.75, 3.05) is 13.6 Å². The summed E-state index contributed by atoms with van der Waals surface area (Å²) in [6.07, 6.45) is 7.46. The molecule has 1 N–H and O–H groups in total. The van der Waals surface area contributed by atoms with Gasteiger partial charge in [0, 0.05) is 32.3 Å². The molecule has 2 fully saturated rings. The molecule has 0 unspecified atom stereocenters. The van der Waals surface area contributed by atoms with Crippen LogP contribution in [0, 0.1) is 5.92 Å². The van der Waals surface area contributed by atoms with Crippen LogP contribution in [0.2, 0.25) is 0 Å². The number of amides is 2. The Morgan fingerprint density at radius 3 is 2.86 bits per heavy atom. The van der Waals surface area contributed by atoms with E-state index >= 15 is 0 Å². The van der Waals surface area contributed by atoms with Crippen LogP contribution in [0.1, 0.15) is 44.2 Å². The van der Waals surface area contributed by atoms with Gasteiger partial charge in [0.15, 0.2) is 0 Å². The van der Waals surface area contributed by atoms with E-state index in [9.17, 15) is 9.59 Å². The van der Waals surface area contributed by atoms with Gasteiger partial charge in [-0.25, -0.2) is 0 Å². The first kappa shape index (κ1) is 15.1. The van der Waals surface area contributed by atoms with E-state index < -0.39 is 0 Å². The molecule has 0 spiro atoms. The fraction of sp³-hybridized carbons (Fsp3) is 0.688. The minimum Gasteiger partial charge on any atom is -0.340 e. The summed E-state index contributed by atoms with van der Waals surface area (Å²) >= 11 is 0. The quantitative estimate of drug-likeness (QED) is 0.917. The molecule has 2 heterocycles. The van der Waals surface area contributed by atoms with Crippen molar-refractivity contribution in [1.82, 2.24) is 20.0 Å². The van der Waals surface area contributed by atoms with E-state index in [1.807, 2.05) is 18.0 Å². The first-order valence-corrected chi connectivity index (χ1v) is 8.18. The Balaban J connectivity index is 1.61. The summed E-state index contributed by atoms with van der Waals surface area (Å²) in [5.74, 6) is 0.295. The van der Waals surface area contributed by atoms with Gasteiger partial charge in [-0.1, -0.05) is 12.8 Å². The van der Waals surface area contributed by atoms with Crippen molar-refractivity contribution in [2.45, 2.75) is 51.1 Å². The van der Waals surface area contributed by atoms with Crippen molar-refractivity contribution in [1.29, 1.82) is 0 Å². The van der Waals surface area contributed by atoms with Crippen molar-refractivity contribution in [3.05, 3.63) is 18.0 Å². The number of carbonyl (C=O) groups excluding carboxylic acids is 2. The maximum Gasteiger partial charge on any atom is 0.227 e. The number of nitrogens with one attached hydrogen (secondary N) is 1. The van der Waals surface area contributed by atoms with E-state index in [1.54, 1.807) is 11.1 Å². The van der Waals surface area contributed by atoms with Crippen LogP contribution in [-0.4, -0.2) is 51.4 Å². The molecule has 3 rings (SSSR count). The predicted molar refractivity (Wildman–Crippen MR) is 81.8 cm³/mol. The monoisotopic (exact) mass is 304 g/mol. The SMILES string of the molecule is CN(Cc1ccn[nH]1)C(=O)[C@@H]1CCC(=O)N(C2CCCC2)C1. The molecule has 1 aliphatic heterocycles. The molecule has 1 aromatic rings. The van der Waals surface area contributed by atoms with Gasteiger partial charge in [-0.05, 0) is 25.3 Å². The van der Waals surface area contributed by atoms with Gasteiger partial charge in [0.25, 0.3) is 0 Å². The third kappa shape index (κ3) is 3.15. The van der Waals surface area contributed by atoms with Gasteiger partial charge >= 0.3 is 0 Å². The van der Waals surface area contributed by atoms with Gasteiger partial charge in [0.05, 0.1) is 18.2 Å². The smallest absolute Gasteiger partial charge is 0.227 e. The van der Waals surface area contributed by atoms with Crippen LogP contribution in [0.4, 0.5) is 0 Å². The Morgan fingerprint density at radius 2 is 2.18 bits per heavy atom. The number of piperidine rings is 1. The van der Waals surface area contributed by atoms with Gasteiger partial charge in [0.1, 0.15) is 0 Å². The van der Waals surface area contributed by atoms with Crippen LogP contribution >= 0.6 is 0 Å². The number of aromatic nitrogens is 2. The molecule has 120 valence electrons. The van der Waals surface area contributed by atoms with Crippen molar-refractivity contribution < 1.29 is 9.59 Å². The van der Waals surface area contributed by atoms with Gasteiger partial charge in [-0.3, -0.25) is 14.7 Å². The van der Waals surface area contributed by atoms with Crippen molar-refractivity contribution >= 4 is 11.8 Å². The van der Waals surface area contributed by atoms with Gasteiger partial charge in [-0.2, -0.15) is 5.10 Å². The first-order chi connectivity index (χ1) is 10.6. The lowest BCUT2D eigenvalue weighted by molar-refractivity contribution is -0.144. The van der Waals surface area contributed by atoms with Gasteiger partial charge in [0.2, 0.25) is 11.8 Å². The highest BCUT2D eigenvalue weighted by atomic mass is 16.2. The number of hydrogen-bond donors (Lipinski definition) is 1. The molecule has 1 saturated heterocycles. The molecular formula is C16H24N4O2. The fourth-order valence-electron chi connectivity index (χ4n) is 3.66. The zero-order valence-corrected chi connectivity index (χ0v) is 13.1. The Morgan fingerprint density at radius 1 is 1.41 bits per heavy atom. The minimum atomic E-state index is -0.0637. The number of rotatable bonds is 4. The second-order valence-corrected chi connectivity index (χ2v) is 6.50. The molecule has 1 aliphatic carbocycles. The topological polar surface area (TPSA) is 69.3 Å². The lowest BCUT2D eigenvalue weighted by atomic mass is 9.94. The lowest BCUT2D eigenvalue weighted by Gasteiger charge is -2.37. The number of likely N-dealkylation sites (tertiary alicyclic amines) is 1. The van der Waals surface area contributed by atoms with E-state index in [2.05, 4.69) is 10.2 Å². The number of nitrogens with zero attached hydrogens (tertiary/aromatic N) is 3. The van der Waals surface area contributed by atoms with Crippen LogP contribution in [0.3, 0.4) is 0 Å². The van der Waals surface area contributed by atoms with Crippen LogP contribution < -0.4 is 0 Å². The number of carbonyl (C=O) groups is 2. The zero-order valence-electron chi connectivity index (χ0n) is 13.1. The molecule has 0 bridgehead atoms. The molecule has 1 saturated carbocycles. The summed E-state index contributed by atoms with van der Waals surface area (Å²) < 4.78 is 0. The molecular weight excluding hydrogens is 280 g/mol. The average Bonchev–Trinajstić information content (AvgIpc) is 3.20. The fourth-order valence-corrected chi connectivity index (χ4v) is 3.66. The van der Waals surface area contributed by atoms with Crippen LogP contribution in [0.15, 0.2) is 12.3 Å². The van der Waals surface area contributed by atoms with Crippen LogP contribution in [0.5, 0.6) is 0 Å². The summed E-state index contributed by atoms with van der Waals surface area (Å²) in [7, 11) is 1.82. The molecule has 22 heavy (non-hydrogen) atoms. The zero-order chi connectivity index (χ0) is 15.5. The predicted octanol–water partition coefficient (Wildman–Crippen LogP) is 1.55. The summed E-state index contributed by atoms with van der Waals surface area (Å²) in [6, 6.07) is 2.24. The second-order valence-electron chi connectivity index (χ2n) is 6.50. The van der Waals surface area contributed by atoms with Crippen molar-refractivity contribution in [3.8, 4) is 0 Å². The average molecular weight is 304 g/mol. The summed E-state index contributed by atoms with van der Waals surface area (Å²) in [6.45, 7) is 1.13. The van der Waals surface area contributed by atoms with E-state index in [4.69, 9.17) is 0 Å². The first-order valence-electron chi connectivity index (χ1n) is 8.18. The van der Waals surface area contributed by atoms with E-state index in [0.717, 1.165) is 18.5 Å². The van der Waals surface area contributed by atoms with Crippen molar-refractivity contribution in [3.63, 3.8) is 0 Å². The Kier molecular flexibility index (Phi) is 4.45. The summed E-state index contributed by atoms with van der Waals surface area (Å²) in [4.78, 5) is 28.5. The Labute approximate surface area is 130 Å². The maximum atomic E-state index is 12.6. The maximum absolute atomic E-state index is 12.6. The van der Waals surface area contributed by atoms with Crippen LogP contribution in [-0.2, 0) is 16.1 Å². The molecule has 6 nitrogen and oxygen atoms in total. The Hall–Kier alpha value is -1.85. The van der Waals surface area contributed by atoms with E-state index in [-0.39, 0.29) is 17.7 Å². The minimum absolute atomic E-state index is 0.0637. The molecule has 0 radical (unpaired) electrons. The van der Waals surface area contributed by atoms with E-state index in [1.165, 1.54) is 12.8 Å². The van der Waals surface area contributed by atoms with E-state index in [0.29, 0.717) is 32.0 Å². The highest BCUT2D eigenvalue weighted by Crippen LogP contribution is 2.29. The molecule has 2 amide bonds. The number of H-pyrrole nitrogens is 1. The lowest BCUT2D eigenvalue weighted by Crippen LogP contribution is -2.49. The molecule has 0 aromatic carbocycles. The summed E-state index contributed by atoms with van der Waals surface area (Å²) in [5, 5.41) is 6.78. The highest BCUT2D eigenvalue weighted by Gasteiger charge is 2.36. The highest BCUT2D eigenvalue weighted by molar-refractivity contribution is 5.84. The third-order valence-corrected chi connectivity index (χ3v) is 4.90. The standard InChI is InChI=1S/C16H24N4O2/c1-19(11-13-8-9-17-18-13)16(22)12-6-7-15(21)20(10-12)14-4-2-3-5-14/h8-9,12,14H,2-7,10-11H2,1H3,(H,17,18)/t12-/m1/s1. The third-order valence-electron chi connectivity index (χ3n) is 4.90. The largest absolute Gasteiger partial charge is 0.340 e. The normalized spacial score (nSPS) is 23.0. The van der Waals surface area contributed by atoms with Crippen molar-refractivity contribution in [2.24, 2.45) is 5.92 Å². The Bertz CT molecular complexity index is 522. The molecule has 6 heteroatoms. The number of aromatic amines is 1. The van der Waals surface area contributed by atoms with Gasteiger partial charge < -0.3 is 9.80 Å². The second kappa shape index (κ2) is 6.50. The van der Waals surface area contributed by atoms with Crippen LogP contribution in [0.25, 0.3) is 0 Å². The molecule has 1 atom stereocenters. The molecule has 1 aromatic heterocycles. The summed E-state index contributed by atoms with van der Waals surface area (Å²) in [5.41, 5.74) is 0.926.